The summed E-state index contributed by atoms with van der Waals surface area (Å²) in [5.74, 6) is 0.676. The molecule has 0 saturated carbocycles. The van der Waals surface area contributed by atoms with Gasteiger partial charge in [0.05, 0.1) is 18.0 Å². The van der Waals surface area contributed by atoms with Crippen molar-refractivity contribution in [2.24, 2.45) is 0 Å². The number of anilines is 1. The number of hydrogen-bond donors (Lipinski definition) is 2. The van der Waals surface area contributed by atoms with E-state index in [0.29, 0.717) is 23.8 Å². The lowest BCUT2D eigenvalue weighted by atomic mass is 10.1. The molecule has 1 unspecified atom stereocenters. The normalized spacial score (nSPS) is 18.6. The van der Waals surface area contributed by atoms with Crippen molar-refractivity contribution in [3.05, 3.63) is 17.7 Å². The van der Waals surface area contributed by atoms with E-state index in [9.17, 15) is 4.79 Å². The number of aromatic nitrogens is 2. The summed E-state index contributed by atoms with van der Waals surface area (Å²) in [6.45, 7) is 5.33. The number of carbonyl (C=O) groups is 1. The number of nitrogens with zero attached hydrogens (tertiary/aromatic N) is 2. The fourth-order valence-electron chi connectivity index (χ4n) is 2.29. The molecular weight excluding hydrogens is 268 g/mol. The van der Waals surface area contributed by atoms with E-state index in [1.807, 2.05) is 13.8 Å². The Morgan fingerprint density at radius 2 is 2.29 bits per heavy atom. The van der Waals surface area contributed by atoms with Crippen LogP contribution in [0.4, 0.5) is 5.69 Å². The van der Waals surface area contributed by atoms with E-state index in [2.05, 4.69) is 20.6 Å². The molecule has 1 aromatic heterocycles. The Labute approximate surface area is 125 Å². The third-order valence-corrected chi connectivity index (χ3v) is 3.57. The average molecular weight is 292 g/mol. The van der Waals surface area contributed by atoms with Gasteiger partial charge in [-0.15, -0.1) is 0 Å². The van der Waals surface area contributed by atoms with Crippen LogP contribution in [0.5, 0.6) is 0 Å². The molecule has 1 saturated heterocycles. The fraction of sp³-hybridized carbons (Fsp3) is 0.667. The zero-order chi connectivity index (χ0) is 15.2. The van der Waals surface area contributed by atoms with Crippen LogP contribution in [0.3, 0.4) is 0 Å². The molecule has 1 amide bonds. The van der Waals surface area contributed by atoms with Gasteiger partial charge in [0, 0.05) is 26.1 Å². The third kappa shape index (κ3) is 4.14. The summed E-state index contributed by atoms with van der Waals surface area (Å²) < 4.78 is 5.62. The molecule has 1 aromatic rings. The van der Waals surface area contributed by atoms with Gasteiger partial charge in [0.1, 0.15) is 5.82 Å². The monoisotopic (exact) mass is 292 g/mol. The number of rotatable bonds is 5. The largest absolute Gasteiger partial charge is 0.385 e. The zero-order valence-corrected chi connectivity index (χ0v) is 13.0. The molecule has 21 heavy (non-hydrogen) atoms. The van der Waals surface area contributed by atoms with Crippen LogP contribution in [-0.4, -0.2) is 42.2 Å². The average Bonchev–Trinajstić information content (AvgIpc) is 2.52. The molecule has 2 heterocycles. The minimum absolute atomic E-state index is 0.118. The standard InChI is InChI=1S/C15H24N4O2/c1-10(2)14-17-9-12(16-3)13(19-14)15(20)18-8-11-6-4-5-7-21-11/h9-11,16H,4-8H2,1-3H3,(H,18,20). The van der Waals surface area contributed by atoms with Gasteiger partial charge in [-0.1, -0.05) is 13.8 Å². The first-order valence-corrected chi connectivity index (χ1v) is 7.56. The Balaban J connectivity index is 2.04. The number of carbonyl (C=O) groups excluding carboxylic acids is 1. The molecule has 0 spiro atoms. The van der Waals surface area contributed by atoms with Gasteiger partial charge >= 0.3 is 0 Å². The molecule has 1 aliphatic rings. The lowest BCUT2D eigenvalue weighted by Crippen LogP contribution is -2.36. The van der Waals surface area contributed by atoms with Gasteiger partial charge in [0.2, 0.25) is 0 Å². The minimum Gasteiger partial charge on any atom is -0.385 e. The van der Waals surface area contributed by atoms with Crippen molar-refractivity contribution in [2.45, 2.75) is 45.1 Å². The van der Waals surface area contributed by atoms with E-state index < -0.39 is 0 Å². The molecule has 0 aromatic carbocycles. The van der Waals surface area contributed by atoms with Crippen molar-refractivity contribution in [1.29, 1.82) is 0 Å². The molecule has 2 rings (SSSR count). The Bertz CT molecular complexity index is 485. The molecule has 1 aliphatic heterocycles. The summed E-state index contributed by atoms with van der Waals surface area (Å²) in [6, 6.07) is 0. The van der Waals surface area contributed by atoms with Crippen LogP contribution in [0, 0.1) is 0 Å². The van der Waals surface area contributed by atoms with Crippen molar-refractivity contribution in [1.82, 2.24) is 15.3 Å². The Morgan fingerprint density at radius 1 is 1.48 bits per heavy atom. The highest BCUT2D eigenvalue weighted by molar-refractivity contribution is 5.97. The molecule has 1 atom stereocenters. The van der Waals surface area contributed by atoms with Gasteiger partial charge in [-0.2, -0.15) is 0 Å². The molecule has 0 aliphatic carbocycles. The molecular formula is C15H24N4O2. The summed E-state index contributed by atoms with van der Waals surface area (Å²) in [7, 11) is 1.76. The molecule has 1 fully saturated rings. The highest BCUT2D eigenvalue weighted by Crippen LogP contribution is 2.16. The van der Waals surface area contributed by atoms with Crippen molar-refractivity contribution in [3.8, 4) is 0 Å². The second kappa shape index (κ2) is 7.36. The summed E-state index contributed by atoms with van der Waals surface area (Å²) in [6.07, 6.45) is 5.05. The van der Waals surface area contributed by atoms with Gasteiger partial charge in [0.15, 0.2) is 5.69 Å². The van der Waals surface area contributed by atoms with Crippen molar-refractivity contribution in [3.63, 3.8) is 0 Å². The maximum absolute atomic E-state index is 12.3. The van der Waals surface area contributed by atoms with E-state index in [1.54, 1.807) is 13.2 Å². The predicted molar refractivity (Wildman–Crippen MR) is 81.6 cm³/mol. The summed E-state index contributed by atoms with van der Waals surface area (Å²) in [5, 5.41) is 5.88. The molecule has 2 N–H and O–H groups in total. The molecule has 6 heteroatoms. The van der Waals surface area contributed by atoms with Gasteiger partial charge < -0.3 is 15.4 Å². The maximum Gasteiger partial charge on any atom is 0.272 e. The first-order valence-electron chi connectivity index (χ1n) is 7.56. The van der Waals surface area contributed by atoms with E-state index in [1.165, 1.54) is 0 Å². The van der Waals surface area contributed by atoms with Crippen LogP contribution >= 0.6 is 0 Å². The maximum atomic E-state index is 12.3. The number of hydrogen-bond acceptors (Lipinski definition) is 5. The van der Waals surface area contributed by atoms with Crippen LogP contribution in [0.25, 0.3) is 0 Å². The van der Waals surface area contributed by atoms with Crippen LogP contribution in [0.2, 0.25) is 0 Å². The Kier molecular flexibility index (Phi) is 5.50. The molecule has 0 bridgehead atoms. The van der Waals surface area contributed by atoms with Crippen LogP contribution in [0.1, 0.15) is 55.3 Å². The van der Waals surface area contributed by atoms with E-state index in [-0.39, 0.29) is 17.9 Å². The van der Waals surface area contributed by atoms with Crippen LogP contribution in [-0.2, 0) is 4.74 Å². The summed E-state index contributed by atoms with van der Waals surface area (Å²) >= 11 is 0. The predicted octanol–water partition coefficient (Wildman–Crippen LogP) is 1.94. The first kappa shape index (κ1) is 15.7. The number of amides is 1. The van der Waals surface area contributed by atoms with E-state index in [4.69, 9.17) is 4.74 Å². The second-order valence-corrected chi connectivity index (χ2v) is 5.59. The highest BCUT2D eigenvalue weighted by atomic mass is 16.5. The lowest BCUT2D eigenvalue weighted by Gasteiger charge is -2.22. The highest BCUT2D eigenvalue weighted by Gasteiger charge is 2.19. The number of ether oxygens (including phenoxy) is 1. The van der Waals surface area contributed by atoms with Gasteiger partial charge in [-0.25, -0.2) is 9.97 Å². The van der Waals surface area contributed by atoms with Crippen LogP contribution < -0.4 is 10.6 Å². The quantitative estimate of drug-likeness (QED) is 0.867. The fourth-order valence-corrected chi connectivity index (χ4v) is 2.29. The molecule has 116 valence electrons. The van der Waals surface area contributed by atoms with Crippen molar-refractivity contribution >= 4 is 11.6 Å². The topological polar surface area (TPSA) is 76.1 Å². The first-order chi connectivity index (χ1) is 10.1. The molecule has 0 radical (unpaired) electrons. The zero-order valence-electron chi connectivity index (χ0n) is 13.0. The van der Waals surface area contributed by atoms with Crippen molar-refractivity contribution < 1.29 is 9.53 Å². The molecule has 6 nitrogen and oxygen atoms in total. The minimum atomic E-state index is -0.183. The SMILES string of the molecule is CNc1cnc(C(C)C)nc1C(=O)NCC1CCCCO1. The Hall–Kier alpha value is -1.69. The summed E-state index contributed by atoms with van der Waals surface area (Å²) in [5.41, 5.74) is 1.04. The van der Waals surface area contributed by atoms with Gasteiger partial charge in [0.25, 0.3) is 5.91 Å². The third-order valence-electron chi connectivity index (χ3n) is 3.57. The number of nitrogens with one attached hydrogen (secondary N) is 2. The van der Waals surface area contributed by atoms with E-state index >= 15 is 0 Å². The second-order valence-electron chi connectivity index (χ2n) is 5.59. The lowest BCUT2D eigenvalue weighted by molar-refractivity contribution is 0.0168. The van der Waals surface area contributed by atoms with Crippen LogP contribution in [0.15, 0.2) is 6.20 Å². The summed E-state index contributed by atoms with van der Waals surface area (Å²) in [4.78, 5) is 21.0. The van der Waals surface area contributed by atoms with Crippen molar-refractivity contribution in [2.75, 3.05) is 25.5 Å². The van der Waals surface area contributed by atoms with Gasteiger partial charge in [-0.05, 0) is 19.3 Å². The Morgan fingerprint density at radius 3 is 2.90 bits per heavy atom. The smallest absolute Gasteiger partial charge is 0.272 e. The van der Waals surface area contributed by atoms with E-state index in [0.717, 1.165) is 25.9 Å². The van der Waals surface area contributed by atoms with Gasteiger partial charge in [-0.3, -0.25) is 4.79 Å².